The first-order valence-corrected chi connectivity index (χ1v) is 7.49. The van der Waals surface area contributed by atoms with E-state index in [9.17, 15) is 0 Å². The molecule has 0 bridgehead atoms. The molecule has 0 aliphatic rings. The van der Waals surface area contributed by atoms with Gasteiger partial charge in [-0.05, 0) is 43.4 Å². The monoisotopic (exact) mass is 254 g/mol. The molecular weight excluding hydrogens is 228 g/mol. The highest BCUT2D eigenvalue weighted by Gasteiger charge is 2.23. The van der Waals surface area contributed by atoms with Crippen LogP contribution in [0.15, 0.2) is 12.1 Å². The first-order chi connectivity index (χ1) is 8.19. The molecule has 17 heavy (non-hydrogen) atoms. The Morgan fingerprint density at radius 2 is 1.82 bits per heavy atom. The highest BCUT2D eigenvalue weighted by molar-refractivity contribution is 7.11. The van der Waals surface area contributed by atoms with Crippen molar-refractivity contribution in [1.82, 2.24) is 5.32 Å². The number of nitrogens with two attached hydrogens (primary N) is 1. The molecule has 2 nitrogen and oxygen atoms in total. The van der Waals surface area contributed by atoms with E-state index < -0.39 is 0 Å². The summed E-state index contributed by atoms with van der Waals surface area (Å²) in [6, 6.07) is 4.47. The summed E-state index contributed by atoms with van der Waals surface area (Å²) in [6.45, 7) is 9.45. The van der Waals surface area contributed by atoms with Crippen molar-refractivity contribution >= 4 is 11.3 Å². The topological polar surface area (TPSA) is 38.0 Å². The van der Waals surface area contributed by atoms with Crippen LogP contribution in [0.5, 0.6) is 0 Å². The maximum absolute atomic E-state index is 5.90. The fourth-order valence-electron chi connectivity index (χ4n) is 2.02. The van der Waals surface area contributed by atoms with Gasteiger partial charge in [-0.25, -0.2) is 0 Å². The van der Waals surface area contributed by atoms with Gasteiger partial charge in [-0.2, -0.15) is 0 Å². The SMILES string of the molecule is CCc1ccc(CNCC(CC)(CC)CN)s1. The van der Waals surface area contributed by atoms with Crippen LogP contribution in [0.1, 0.15) is 43.4 Å². The standard InChI is InChI=1S/C14H26N2S/c1-4-12-7-8-13(17-12)9-16-11-14(5-2,6-3)10-15/h7-8,16H,4-6,9-11,15H2,1-3H3. The fourth-order valence-corrected chi connectivity index (χ4v) is 2.95. The van der Waals surface area contributed by atoms with Gasteiger partial charge in [0.05, 0.1) is 0 Å². The number of aryl methyl sites for hydroxylation is 1. The number of nitrogens with one attached hydrogen (secondary N) is 1. The second kappa shape index (κ2) is 7.14. The molecular formula is C14H26N2S. The van der Waals surface area contributed by atoms with Crippen molar-refractivity contribution in [3.8, 4) is 0 Å². The van der Waals surface area contributed by atoms with Gasteiger partial charge >= 0.3 is 0 Å². The molecule has 3 heteroatoms. The lowest BCUT2D eigenvalue weighted by Crippen LogP contribution is -2.39. The summed E-state index contributed by atoms with van der Waals surface area (Å²) in [4.78, 5) is 2.90. The molecule has 0 saturated carbocycles. The largest absolute Gasteiger partial charge is 0.330 e. The first-order valence-electron chi connectivity index (χ1n) is 6.68. The van der Waals surface area contributed by atoms with Crippen molar-refractivity contribution in [2.75, 3.05) is 13.1 Å². The lowest BCUT2D eigenvalue weighted by molar-refractivity contribution is 0.259. The Hall–Kier alpha value is -0.380. The molecule has 0 aromatic carbocycles. The van der Waals surface area contributed by atoms with E-state index in [1.165, 1.54) is 9.75 Å². The fraction of sp³-hybridized carbons (Fsp3) is 0.714. The van der Waals surface area contributed by atoms with Gasteiger partial charge in [0.25, 0.3) is 0 Å². The Morgan fingerprint density at radius 1 is 1.18 bits per heavy atom. The highest BCUT2D eigenvalue weighted by Crippen LogP contribution is 2.24. The molecule has 0 aliphatic heterocycles. The molecule has 0 aliphatic carbocycles. The minimum Gasteiger partial charge on any atom is -0.330 e. The third-order valence-corrected chi connectivity index (χ3v) is 5.03. The van der Waals surface area contributed by atoms with Gasteiger partial charge in [0.15, 0.2) is 0 Å². The quantitative estimate of drug-likeness (QED) is 0.748. The smallest absolute Gasteiger partial charge is 0.0300 e. The molecule has 1 aromatic heterocycles. The molecule has 3 N–H and O–H groups in total. The summed E-state index contributed by atoms with van der Waals surface area (Å²) in [5, 5.41) is 3.56. The third-order valence-electron chi connectivity index (χ3n) is 3.80. The molecule has 1 heterocycles. The summed E-state index contributed by atoms with van der Waals surface area (Å²) in [5.74, 6) is 0. The van der Waals surface area contributed by atoms with Crippen LogP contribution in [0.3, 0.4) is 0 Å². The maximum Gasteiger partial charge on any atom is 0.0300 e. The highest BCUT2D eigenvalue weighted by atomic mass is 32.1. The molecule has 0 radical (unpaired) electrons. The number of thiophene rings is 1. The second-order valence-corrected chi connectivity index (χ2v) is 5.99. The molecule has 1 aromatic rings. The average Bonchev–Trinajstić information content (AvgIpc) is 2.83. The van der Waals surface area contributed by atoms with Crippen molar-refractivity contribution in [3.05, 3.63) is 21.9 Å². The zero-order valence-corrected chi connectivity index (χ0v) is 12.2. The number of rotatable bonds is 8. The lowest BCUT2D eigenvalue weighted by atomic mass is 9.82. The van der Waals surface area contributed by atoms with Crippen LogP contribution in [0.25, 0.3) is 0 Å². The molecule has 1 rings (SSSR count). The van der Waals surface area contributed by atoms with Crippen LogP contribution in [0.4, 0.5) is 0 Å². The third kappa shape index (κ3) is 4.09. The molecule has 0 spiro atoms. The predicted molar refractivity (Wildman–Crippen MR) is 77.5 cm³/mol. The molecule has 0 atom stereocenters. The van der Waals surface area contributed by atoms with E-state index in [0.29, 0.717) is 0 Å². The summed E-state index contributed by atoms with van der Waals surface area (Å²) >= 11 is 1.91. The van der Waals surface area contributed by atoms with E-state index in [0.717, 1.165) is 38.9 Å². The predicted octanol–water partition coefficient (Wildman–Crippen LogP) is 3.17. The van der Waals surface area contributed by atoms with E-state index in [2.05, 4.69) is 38.2 Å². The molecule has 0 unspecified atom stereocenters. The second-order valence-electron chi connectivity index (χ2n) is 4.74. The van der Waals surface area contributed by atoms with Gasteiger partial charge < -0.3 is 11.1 Å². The van der Waals surface area contributed by atoms with Crippen molar-refractivity contribution in [1.29, 1.82) is 0 Å². The summed E-state index contributed by atoms with van der Waals surface area (Å²) in [7, 11) is 0. The van der Waals surface area contributed by atoms with E-state index in [4.69, 9.17) is 5.73 Å². The van der Waals surface area contributed by atoms with Crippen molar-refractivity contribution in [3.63, 3.8) is 0 Å². The van der Waals surface area contributed by atoms with Crippen LogP contribution in [0.2, 0.25) is 0 Å². The maximum atomic E-state index is 5.90. The van der Waals surface area contributed by atoms with Gasteiger partial charge in [0.2, 0.25) is 0 Å². The Balaban J connectivity index is 2.40. The Kier molecular flexibility index (Phi) is 6.17. The van der Waals surface area contributed by atoms with Crippen LogP contribution >= 0.6 is 11.3 Å². The average molecular weight is 254 g/mol. The van der Waals surface area contributed by atoms with E-state index in [-0.39, 0.29) is 5.41 Å². The summed E-state index contributed by atoms with van der Waals surface area (Å²) in [6.07, 6.45) is 3.44. The van der Waals surface area contributed by atoms with Crippen LogP contribution in [-0.2, 0) is 13.0 Å². The van der Waals surface area contributed by atoms with Gasteiger partial charge in [-0.3, -0.25) is 0 Å². The van der Waals surface area contributed by atoms with E-state index in [1.807, 2.05) is 11.3 Å². The van der Waals surface area contributed by atoms with Crippen molar-refractivity contribution in [2.45, 2.75) is 46.6 Å². The molecule has 0 saturated heterocycles. The molecule has 0 fully saturated rings. The number of hydrogen-bond acceptors (Lipinski definition) is 3. The summed E-state index contributed by atoms with van der Waals surface area (Å²) < 4.78 is 0. The van der Waals surface area contributed by atoms with Crippen LogP contribution in [-0.4, -0.2) is 13.1 Å². The minimum atomic E-state index is 0.283. The van der Waals surface area contributed by atoms with Gasteiger partial charge in [-0.15, -0.1) is 11.3 Å². The normalized spacial score (nSPS) is 12.0. The van der Waals surface area contributed by atoms with Crippen molar-refractivity contribution < 1.29 is 0 Å². The van der Waals surface area contributed by atoms with E-state index >= 15 is 0 Å². The lowest BCUT2D eigenvalue weighted by Gasteiger charge is -2.30. The van der Waals surface area contributed by atoms with Gasteiger partial charge in [-0.1, -0.05) is 20.8 Å². The molecule has 0 amide bonds. The van der Waals surface area contributed by atoms with Crippen molar-refractivity contribution in [2.24, 2.45) is 11.1 Å². The minimum absolute atomic E-state index is 0.283. The summed E-state index contributed by atoms with van der Waals surface area (Å²) in [5.41, 5.74) is 6.18. The first kappa shape index (κ1) is 14.7. The zero-order valence-electron chi connectivity index (χ0n) is 11.4. The van der Waals surface area contributed by atoms with Gasteiger partial charge in [0, 0.05) is 22.8 Å². The van der Waals surface area contributed by atoms with E-state index in [1.54, 1.807) is 0 Å². The zero-order chi connectivity index (χ0) is 12.7. The van der Waals surface area contributed by atoms with Crippen LogP contribution < -0.4 is 11.1 Å². The Morgan fingerprint density at radius 3 is 2.29 bits per heavy atom. The molecule has 98 valence electrons. The Labute approximate surface area is 110 Å². The van der Waals surface area contributed by atoms with Crippen LogP contribution in [0, 0.1) is 5.41 Å². The Bertz CT molecular complexity index is 308. The van der Waals surface area contributed by atoms with Gasteiger partial charge in [0.1, 0.15) is 0 Å². The number of hydrogen-bond donors (Lipinski definition) is 2.